The van der Waals surface area contributed by atoms with Crippen LogP contribution in [0.15, 0.2) is 78.9 Å². The average molecular weight is 1330 g/mol. The second-order valence-electron chi connectivity index (χ2n) is 25.5. The standard InChI is InChI=1S/C70H96ClN5O18/c1-43(2)34-57-68(86)93-59(12-11-13-60(79)74-56(36-51-15-14-45(5)55(71)35-51)67(85)72-42-70(8,9)69(87)75-57)46(6)64-65(94-64)52-23-20-48(21-24-52)22-25-63(83)92-41-50-18-16-49(17-19-50)37-58(78)47(7)73-66(84)54(44(3)4)38-53(77)39-76(40-62(81)82)61(80)26-27-89-30-31-91-33-32-90-29-28-88-10/h11,13-21,23-24,35,43-44,46-47,54,56-57,59,64-65H,12,22,25-34,36-42H2,1-10H3,(H,72,85)(H,73,84)(H,74,79)(H,75,87)(H,81,82)/b13-11+/t46-,47-,54-,56+,57-,59-,64+,65+/m0/s1. The number of carboxylic acids is 1. The van der Waals surface area contributed by atoms with Crippen molar-refractivity contribution in [1.29, 1.82) is 0 Å². The molecule has 0 radical (unpaired) electrons. The molecule has 94 heavy (non-hydrogen) atoms. The van der Waals surface area contributed by atoms with Crippen LogP contribution < -0.4 is 21.3 Å². The number of aryl methyl sites for hydroxylation is 2. The molecule has 0 bridgehead atoms. The fourth-order valence-electron chi connectivity index (χ4n) is 10.3. The lowest BCUT2D eigenvalue weighted by atomic mass is 9.89. The van der Waals surface area contributed by atoms with Crippen LogP contribution >= 0.6 is 11.6 Å². The Hall–Kier alpha value is -7.41. The predicted octanol–water partition coefficient (Wildman–Crippen LogP) is 6.52. The van der Waals surface area contributed by atoms with Gasteiger partial charge in [-0.15, -0.1) is 0 Å². The van der Waals surface area contributed by atoms with E-state index in [0.717, 1.165) is 27.2 Å². The van der Waals surface area contributed by atoms with Gasteiger partial charge in [0.2, 0.25) is 29.5 Å². The summed E-state index contributed by atoms with van der Waals surface area (Å²) in [6.07, 6.45) is 2.04. The number of hydrogen-bond acceptors (Lipinski definition) is 17. The summed E-state index contributed by atoms with van der Waals surface area (Å²) < 4.78 is 39.1. The number of carbonyl (C=O) groups is 10. The molecule has 3 aromatic carbocycles. The molecular formula is C70H96ClN5O18. The number of nitrogens with one attached hydrogen (secondary N) is 4. The van der Waals surface area contributed by atoms with Gasteiger partial charge < -0.3 is 64.4 Å². The highest BCUT2D eigenvalue weighted by atomic mass is 35.5. The fraction of sp³-hybridized carbons (Fsp3) is 0.571. The molecule has 2 aliphatic rings. The molecule has 5 rings (SSSR count). The molecule has 2 aliphatic heterocycles. The van der Waals surface area contributed by atoms with Gasteiger partial charge in [0.1, 0.15) is 37.4 Å². The number of nitrogens with zero attached hydrogens (tertiary/aromatic N) is 1. The van der Waals surface area contributed by atoms with E-state index in [0.29, 0.717) is 55.4 Å². The smallest absolute Gasteiger partial charge is 0.328 e. The Balaban J connectivity index is 1.08. The van der Waals surface area contributed by atoms with Gasteiger partial charge in [-0.3, -0.25) is 43.2 Å². The zero-order valence-electron chi connectivity index (χ0n) is 55.9. The van der Waals surface area contributed by atoms with E-state index in [-0.39, 0.29) is 107 Å². The molecule has 0 unspecified atom stereocenters. The Kier molecular flexibility index (Phi) is 31.9. The summed E-state index contributed by atoms with van der Waals surface area (Å²) in [6.45, 7) is 16.8. The van der Waals surface area contributed by atoms with Crippen LogP contribution in [0.1, 0.15) is 127 Å². The number of rotatable bonds is 36. The van der Waals surface area contributed by atoms with Gasteiger partial charge in [0.05, 0.1) is 76.8 Å². The molecule has 516 valence electrons. The average Bonchev–Trinajstić information content (AvgIpc) is 1.63. The van der Waals surface area contributed by atoms with Crippen LogP contribution in [-0.4, -0.2) is 172 Å². The van der Waals surface area contributed by atoms with Gasteiger partial charge in [0.15, 0.2) is 11.6 Å². The van der Waals surface area contributed by atoms with Crippen LogP contribution in [-0.2, 0) is 107 Å². The van der Waals surface area contributed by atoms with Crippen molar-refractivity contribution in [3.05, 3.63) is 117 Å². The molecule has 23 nitrogen and oxygen atoms in total. The lowest BCUT2D eigenvalue weighted by molar-refractivity contribution is -0.157. The fourth-order valence-corrected chi connectivity index (χ4v) is 10.5. The second-order valence-corrected chi connectivity index (χ2v) is 25.9. The molecule has 24 heteroatoms. The number of epoxide rings is 1. The normalized spacial score (nSPS) is 19.8. The molecule has 5 N–H and O–H groups in total. The van der Waals surface area contributed by atoms with E-state index < -0.39 is 102 Å². The van der Waals surface area contributed by atoms with Crippen LogP contribution in [0.3, 0.4) is 0 Å². The molecule has 2 heterocycles. The van der Waals surface area contributed by atoms with E-state index in [1.54, 1.807) is 78.1 Å². The van der Waals surface area contributed by atoms with Crippen LogP contribution in [0.2, 0.25) is 5.02 Å². The number of ether oxygens (including phenoxy) is 7. The maximum atomic E-state index is 14.0. The number of ketones is 2. The summed E-state index contributed by atoms with van der Waals surface area (Å²) in [5.41, 5.74) is 3.56. The number of carbonyl (C=O) groups excluding carboxylic acids is 9. The number of Topliss-reactive ketones (excluding diaryl/α,β-unsaturated/α-hetero) is 2. The molecule has 0 spiro atoms. The van der Waals surface area contributed by atoms with Crippen molar-refractivity contribution in [3.63, 3.8) is 0 Å². The molecule has 3 aromatic rings. The Morgan fingerprint density at radius 2 is 1.40 bits per heavy atom. The summed E-state index contributed by atoms with van der Waals surface area (Å²) >= 11 is 6.41. The SMILES string of the molecule is COCCOCCOCCOCCC(=O)N(CC(=O)O)CC(=O)C[C@H](C(=O)N[C@@H](C)C(=O)Cc1ccc(COC(=O)CCc2ccc([C@H]3O[C@@H]3[C@@H](C)[C@@H]3C/C=C/C(=O)N[C@H](Cc4ccc(C)c(Cl)c4)C(=O)NCC(C)(C)C(=O)N[C@@H](CC(C)C)C(=O)O3)cc2)cc1)C(C)C. The van der Waals surface area contributed by atoms with Crippen LogP contribution in [0.4, 0.5) is 0 Å². The maximum Gasteiger partial charge on any atom is 0.328 e. The number of carboxylic acid groups (broad SMARTS) is 1. The molecule has 8 atom stereocenters. The Morgan fingerprint density at radius 1 is 0.777 bits per heavy atom. The first kappa shape index (κ1) is 77.3. The summed E-state index contributed by atoms with van der Waals surface area (Å²) in [5.74, 6) is -7.33. The molecule has 1 fully saturated rings. The van der Waals surface area contributed by atoms with Gasteiger partial charge >= 0.3 is 17.9 Å². The lowest BCUT2D eigenvalue weighted by Gasteiger charge is -2.30. The zero-order chi connectivity index (χ0) is 69.1. The lowest BCUT2D eigenvalue weighted by Crippen LogP contribution is -2.54. The third kappa shape index (κ3) is 26.8. The highest BCUT2D eigenvalue weighted by molar-refractivity contribution is 6.31. The van der Waals surface area contributed by atoms with Crippen molar-refractivity contribution >= 4 is 70.6 Å². The van der Waals surface area contributed by atoms with Crippen molar-refractivity contribution in [2.24, 2.45) is 29.1 Å². The monoisotopic (exact) mass is 1330 g/mol. The van der Waals surface area contributed by atoms with E-state index in [2.05, 4.69) is 21.3 Å². The summed E-state index contributed by atoms with van der Waals surface area (Å²) in [7, 11) is 1.58. The van der Waals surface area contributed by atoms with Crippen LogP contribution in [0.25, 0.3) is 0 Å². The number of esters is 2. The Labute approximate surface area is 556 Å². The predicted molar refractivity (Wildman–Crippen MR) is 349 cm³/mol. The van der Waals surface area contributed by atoms with Crippen molar-refractivity contribution in [2.75, 3.05) is 73.0 Å². The third-order valence-electron chi connectivity index (χ3n) is 16.3. The quantitative estimate of drug-likeness (QED) is 0.0235. The highest BCUT2D eigenvalue weighted by Gasteiger charge is 2.48. The minimum Gasteiger partial charge on any atom is -0.480 e. The van der Waals surface area contributed by atoms with E-state index in [4.69, 9.17) is 44.8 Å². The summed E-state index contributed by atoms with van der Waals surface area (Å²) in [5, 5.41) is 21.2. The van der Waals surface area contributed by atoms with Crippen LogP contribution in [0, 0.1) is 36.0 Å². The number of aliphatic carboxylic acids is 1. The minimum atomic E-state index is -1.31. The molecule has 0 aliphatic carbocycles. The van der Waals surface area contributed by atoms with Crippen LogP contribution in [0.5, 0.6) is 0 Å². The van der Waals surface area contributed by atoms with E-state index in [1.165, 1.54) is 6.08 Å². The van der Waals surface area contributed by atoms with Gasteiger partial charge in [-0.2, -0.15) is 0 Å². The first-order chi connectivity index (χ1) is 44.6. The largest absolute Gasteiger partial charge is 0.480 e. The first-order valence-electron chi connectivity index (χ1n) is 32.2. The number of amides is 5. The van der Waals surface area contributed by atoms with Gasteiger partial charge in [0, 0.05) is 62.6 Å². The Morgan fingerprint density at radius 3 is 2.03 bits per heavy atom. The van der Waals surface area contributed by atoms with Gasteiger partial charge in [-0.1, -0.05) is 113 Å². The summed E-state index contributed by atoms with van der Waals surface area (Å²) in [6, 6.07) is 17.1. The molecule has 0 aromatic heterocycles. The van der Waals surface area contributed by atoms with Crippen molar-refractivity contribution in [1.82, 2.24) is 26.2 Å². The maximum absolute atomic E-state index is 14.0. The number of hydrogen-bond donors (Lipinski definition) is 5. The number of halogens is 1. The van der Waals surface area contributed by atoms with Gasteiger partial charge in [0.25, 0.3) is 0 Å². The van der Waals surface area contributed by atoms with Gasteiger partial charge in [-0.25, -0.2) is 4.79 Å². The number of benzene rings is 3. The molecular weight excluding hydrogens is 1230 g/mol. The third-order valence-corrected chi connectivity index (χ3v) is 16.7. The highest BCUT2D eigenvalue weighted by Crippen LogP contribution is 2.45. The topological polar surface area (TPSA) is 310 Å². The van der Waals surface area contributed by atoms with E-state index in [9.17, 15) is 53.1 Å². The van der Waals surface area contributed by atoms with Gasteiger partial charge in [-0.05, 0) is 97.9 Å². The minimum absolute atomic E-state index is 0.000713. The van der Waals surface area contributed by atoms with Crippen molar-refractivity contribution < 1.29 is 86.2 Å². The number of cyclic esters (lactones) is 1. The second kappa shape index (κ2) is 38.8. The molecule has 1 saturated heterocycles. The first-order valence-corrected chi connectivity index (χ1v) is 32.6. The number of methoxy groups -OCH3 is 1. The van der Waals surface area contributed by atoms with E-state index >= 15 is 0 Å². The van der Waals surface area contributed by atoms with Crippen molar-refractivity contribution in [3.8, 4) is 0 Å². The zero-order valence-corrected chi connectivity index (χ0v) is 56.7. The van der Waals surface area contributed by atoms with E-state index in [1.807, 2.05) is 64.1 Å². The Bertz CT molecular complexity index is 3060. The molecule has 0 saturated carbocycles. The van der Waals surface area contributed by atoms with Crippen molar-refractivity contribution in [2.45, 2.75) is 157 Å². The molecule has 5 amide bonds. The summed E-state index contributed by atoms with van der Waals surface area (Å²) in [4.78, 5) is 134.